The van der Waals surface area contributed by atoms with Gasteiger partial charge in [-0.2, -0.15) is 0 Å². The van der Waals surface area contributed by atoms with Gasteiger partial charge in [0.25, 0.3) is 5.91 Å². The van der Waals surface area contributed by atoms with Crippen molar-refractivity contribution in [2.45, 2.75) is 45.6 Å². The van der Waals surface area contributed by atoms with Crippen molar-refractivity contribution >= 4 is 50.6 Å². The molecule has 186 valence electrons. The lowest BCUT2D eigenvalue weighted by Gasteiger charge is -2.35. The van der Waals surface area contributed by atoms with Gasteiger partial charge in [0, 0.05) is 31.0 Å². The zero-order valence-electron chi connectivity index (χ0n) is 20.9. The molecule has 0 aliphatic carbocycles. The Labute approximate surface area is 215 Å². The van der Waals surface area contributed by atoms with Crippen molar-refractivity contribution in [3.63, 3.8) is 0 Å². The SMILES string of the molecule is C=CC(=C)N1CCC[C@@H](NC(=O)c2sc3nccc4c3c2NC(=O)N4c2ccc(C(C)C)cc2C)C1. The maximum atomic E-state index is 13.4. The highest BCUT2D eigenvalue weighted by Gasteiger charge is 2.34. The van der Waals surface area contributed by atoms with Crippen molar-refractivity contribution in [1.82, 2.24) is 15.2 Å². The monoisotopic (exact) mass is 501 g/mol. The topological polar surface area (TPSA) is 77.6 Å². The molecule has 3 aromatic rings. The lowest BCUT2D eigenvalue weighted by molar-refractivity contribution is 0.0920. The van der Waals surface area contributed by atoms with Gasteiger partial charge in [-0.25, -0.2) is 9.78 Å². The normalized spacial score (nSPS) is 17.3. The lowest BCUT2D eigenvalue weighted by atomic mass is 9.99. The number of nitrogens with one attached hydrogen (secondary N) is 2. The maximum Gasteiger partial charge on any atom is 0.331 e. The summed E-state index contributed by atoms with van der Waals surface area (Å²) in [4.78, 5) is 36.4. The van der Waals surface area contributed by atoms with Gasteiger partial charge < -0.3 is 15.5 Å². The first-order valence-electron chi connectivity index (χ1n) is 12.3. The second-order valence-corrected chi connectivity index (χ2v) is 10.7. The van der Waals surface area contributed by atoms with E-state index in [1.807, 2.05) is 19.1 Å². The quantitative estimate of drug-likeness (QED) is 0.388. The van der Waals surface area contributed by atoms with Crippen molar-refractivity contribution in [3.8, 4) is 0 Å². The van der Waals surface area contributed by atoms with Crippen LogP contribution in [-0.2, 0) is 0 Å². The predicted molar refractivity (Wildman–Crippen MR) is 147 cm³/mol. The van der Waals surface area contributed by atoms with E-state index in [1.165, 1.54) is 16.9 Å². The number of pyridine rings is 1. The summed E-state index contributed by atoms with van der Waals surface area (Å²) in [6.07, 6.45) is 5.29. The Kier molecular flexibility index (Phi) is 6.30. The van der Waals surface area contributed by atoms with Crippen LogP contribution in [0, 0.1) is 6.92 Å². The van der Waals surface area contributed by atoms with Crippen LogP contribution in [0.4, 0.5) is 21.9 Å². The van der Waals surface area contributed by atoms with Crippen LogP contribution in [0.25, 0.3) is 10.2 Å². The molecule has 1 saturated heterocycles. The summed E-state index contributed by atoms with van der Waals surface area (Å²) in [5.41, 5.74) is 5.19. The third-order valence-corrected chi connectivity index (χ3v) is 8.08. The largest absolute Gasteiger partial charge is 0.370 e. The fraction of sp³-hybridized carbons (Fsp3) is 0.321. The summed E-state index contributed by atoms with van der Waals surface area (Å²) < 4.78 is 0. The fourth-order valence-corrected chi connectivity index (χ4v) is 6.03. The number of urea groups is 1. The van der Waals surface area contributed by atoms with E-state index in [-0.39, 0.29) is 18.0 Å². The Bertz CT molecular complexity index is 1390. The van der Waals surface area contributed by atoms with Crippen LogP contribution >= 0.6 is 11.3 Å². The first-order valence-corrected chi connectivity index (χ1v) is 13.1. The molecule has 36 heavy (non-hydrogen) atoms. The number of hydrogen-bond donors (Lipinski definition) is 2. The molecule has 2 aliphatic rings. The smallest absolute Gasteiger partial charge is 0.331 e. The van der Waals surface area contributed by atoms with Gasteiger partial charge >= 0.3 is 6.03 Å². The Morgan fingerprint density at radius 3 is 2.83 bits per heavy atom. The van der Waals surface area contributed by atoms with Crippen molar-refractivity contribution in [1.29, 1.82) is 0 Å². The number of amides is 3. The van der Waals surface area contributed by atoms with Gasteiger partial charge in [-0.05, 0) is 55.0 Å². The molecule has 3 amide bonds. The van der Waals surface area contributed by atoms with Crippen LogP contribution in [0.15, 0.2) is 55.4 Å². The molecule has 7 nitrogen and oxygen atoms in total. The molecular weight excluding hydrogens is 470 g/mol. The molecule has 2 aliphatic heterocycles. The number of rotatable bonds is 6. The molecule has 0 bridgehead atoms. The molecule has 4 heterocycles. The summed E-state index contributed by atoms with van der Waals surface area (Å²) in [5.74, 6) is 0.206. The minimum Gasteiger partial charge on any atom is -0.370 e. The summed E-state index contributed by atoms with van der Waals surface area (Å²) in [7, 11) is 0. The molecule has 5 rings (SSSR count). The molecule has 2 N–H and O–H groups in total. The van der Waals surface area contributed by atoms with Gasteiger partial charge in [-0.1, -0.05) is 39.1 Å². The van der Waals surface area contributed by atoms with Crippen molar-refractivity contribution in [2.24, 2.45) is 0 Å². The number of likely N-dealkylation sites (tertiary alicyclic amines) is 1. The number of aryl methyl sites for hydroxylation is 1. The van der Waals surface area contributed by atoms with Crippen LogP contribution in [0.3, 0.4) is 0 Å². The average Bonchev–Trinajstić information content (AvgIpc) is 3.24. The van der Waals surface area contributed by atoms with Crippen LogP contribution < -0.4 is 15.5 Å². The molecule has 1 fully saturated rings. The highest BCUT2D eigenvalue weighted by molar-refractivity contribution is 7.21. The Morgan fingerprint density at radius 2 is 2.11 bits per heavy atom. The number of nitrogens with zero attached hydrogens (tertiary/aromatic N) is 3. The van der Waals surface area contributed by atoms with Crippen LogP contribution in [0.1, 0.15) is 53.4 Å². The van der Waals surface area contributed by atoms with E-state index < -0.39 is 0 Å². The van der Waals surface area contributed by atoms with Gasteiger partial charge in [0.1, 0.15) is 9.71 Å². The average molecular weight is 502 g/mol. The Hall–Kier alpha value is -3.65. The minimum atomic E-state index is -0.283. The number of carbonyl (C=O) groups excluding carboxylic acids is 2. The molecule has 1 aromatic carbocycles. The predicted octanol–water partition coefficient (Wildman–Crippen LogP) is 6.31. The fourth-order valence-electron chi connectivity index (χ4n) is 5.01. The van der Waals surface area contributed by atoms with Crippen LogP contribution in [-0.4, -0.2) is 41.0 Å². The number of hydrogen-bond acceptors (Lipinski definition) is 5. The first-order chi connectivity index (χ1) is 17.3. The van der Waals surface area contributed by atoms with E-state index in [0.29, 0.717) is 23.0 Å². The number of benzene rings is 1. The molecule has 0 spiro atoms. The van der Waals surface area contributed by atoms with E-state index in [9.17, 15) is 9.59 Å². The van der Waals surface area contributed by atoms with Gasteiger partial charge in [-0.15, -0.1) is 11.3 Å². The van der Waals surface area contributed by atoms with Crippen molar-refractivity contribution in [3.05, 3.63) is 71.4 Å². The zero-order chi connectivity index (χ0) is 25.6. The molecule has 0 unspecified atom stereocenters. The summed E-state index contributed by atoms with van der Waals surface area (Å²) in [5, 5.41) is 6.96. The van der Waals surface area contributed by atoms with Gasteiger partial charge in [-0.3, -0.25) is 9.69 Å². The molecule has 8 heteroatoms. The summed E-state index contributed by atoms with van der Waals surface area (Å²) in [6.45, 7) is 15.8. The second-order valence-electron chi connectivity index (χ2n) is 9.74. The number of anilines is 3. The Balaban J connectivity index is 1.48. The zero-order valence-corrected chi connectivity index (χ0v) is 21.7. The van der Waals surface area contributed by atoms with Crippen molar-refractivity contribution < 1.29 is 9.59 Å². The highest BCUT2D eigenvalue weighted by Crippen LogP contribution is 2.46. The number of allylic oxidation sites excluding steroid dienone is 1. The maximum absolute atomic E-state index is 13.4. The van der Waals surface area contributed by atoms with Crippen LogP contribution in [0.2, 0.25) is 0 Å². The van der Waals surface area contributed by atoms with E-state index in [1.54, 1.807) is 17.2 Å². The number of piperidine rings is 1. The molecule has 0 radical (unpaired) electrons. The number of aromatic nitrogens is 1. The summed E-state index contributed by atoms with van der Waals surface area (Å²) >= 11 is 1.31. The molecule has 1 atom stereocenters. The standard InChI is InChI=1S/C28H31N5O2S/c1-6-18(5)32-13-7-8-20(15-32)30-26(34)25-24-23-22(11-12-29-27(23)36-25)33(28(35)31-24)21-10-9-19(16(2)3)14-17(21)4/h6,9-12,14,16,20H,1,5,7-8,13,15H2,2-4H3,(H,30,34)(H,31,35)/t20-/m1/s1. The van der Waals surface area contributed by atoms with Crippen molar-refractivity contribution in [2.75, 3.05) is 23.3 Å². The summed E-state index contributed by atoms with van der Waals surface area (Å²) in [6, 6.07) is 7.74. The highest BCUT2D eigenvalue weighted by atomic mass is 32.1. The number of carbonyl (C=O) groups is 2. The third-order valence-electron chi connectivity index (χ3n) is 6.98. The third kappa shape index (κ3) is 4.15. The van der Waals surface area contributed by atoms with Gasteiger partial charge in [0.2, 0.25) is 0 Å². The lowest BCUT2D eigenvalue weighted by Crippen LogP contribution is -2.47. The Morgan fingerprint density at radius 1 is 1.31 bits per heavy atom. The molecule has 0 saturated carbocycles. The molecule has 2 aromatic heterocycles. The first kappa shape index (κ1) is 24.1. The number of thiophene rings is 1. The van der Waals surface area contributed by atoms with Gasteiger partial charge in [0.15, 0.2) is 0 Å². The van der Waals surface area contributed by atoms with E-state index in [0.717, 1.165) is 52.2 Å². The molecular formula is C28H31N5O2S. The van der Waals surface area contributed by atoms with E-state index >= 15 is 0 Å². The van der Waals surface area contributed by atoms with Crippen LogP contribution in [0.5, 0.6) is 0 Å². The second kappa shape index (κ2) is 9.43. The van der Waals surface area contributed by atoms with E-state index in [2.05, 4.69) is 59.7 Å². The van der Waals surface area contributed by atoms with E-state index in [4.69, 9.17) is 0 Å². The van der Waals surface area contributed by atoms with Gasteiger partial charge in [0.05, 0.1) is 22.4 Å². The minimum absolute atomic E-state index is 0.00861.